The van der Waals surface area contributed by atoms with Crippen molar-refractivity contribution in [3.63, 3.8) is 0 Å². The maximum Gasteiger partial charge on any atom is 1.00 e. The zero-order valence-corrected chi connectivity index (χ0v) is 78.3. The fourth-order valence-electron chi connectivity index (χ4n) is 18.4. The van der Waals surface area contributed by atoms with Gasteiger partial charge in [-0.15, -0.1) is 0 Å². The molecule has 6 aliphatic carbocycles. The first-order valence-electron chi connectivity index (χ1n) is 43.7. The van der Waals surface area contributed by atoms with Crippen LogP contribution in [0.1, 0.15) is 237 Å². The summed E-state index contributed by atoms with van der Waals surface area (Å²) < 4.78 is 44.6. The molecule has 0 bridgehead atoms. The van der Waals surface area contributed by atoms with E-state index >= 15 is 0 Å². The minimum atomic E-state index is -1.36. The molecule has 7 N–H and O–H groups in total. The minimum absolute atomic E-state index is 0. The molecule has 22 nitrogen and oxygen atoms in total. The Morgan fingerprint density at radius 2 is 1.02 bits per heavy atom. The number of allylic oxidation sites excluding steroid dienone is 8. The van der Waals surface area contributed by atoms with E-state index in [9.17, 15) is 83.9 Å². The summed E-state index contributed by atoms with van der Waals surface area (Å²) in [5, 5.41) is 92.3. The van der Waals surface area contributed by atoms with Crippen molar-refractivity contribution >= 4 is 58.8 Å². The summed E-state index contributed by atoms with van der Waals surface area (Å²) in [5.74, 6) is -1.75. The summed E-state index contributed by atoms with van der Waals surface area (Å²) >= 11 is 0. The number of carboxylic acids is 2. The van der Waals surface area contributed by atoms with Gasteiger partial charge in [0.05, 0.1) is 72.8 Å². The number of hydrogen-bond acceptors (Lipinski definition) is 21. The molecule has 25 heteroatoms. The molecular formula is C96H134FNNa2O21. The molecule has 2 aromatic carbocycles. The van der Waals surface area contributed by atoms with E-state index in [0.717, 1.165) is 84.7 Å². The number of aliphatic hydroxyl groups excluding tert-OH is 7. The summed E-state index contributed by atoms with van der Waals surface area (Å²) in [6.07, 6.45) is 24.1. The molecular weight excluding hydrogens is 1570 g/mol. The Morgan fingerprint density at radius 3 is 1.46 bits per heavy atom. The van der Waals surface area contributed by atoms with E-state index < -0.39 is 79.0 Å². The molecule has 1 aromatic heterocycles. The van der Waals surface area contributed by atoms with Gasteiger partial charge >= 0.3 is 89.0 Å². The van der Waals surface area contributed by atoms with Gasteiger partial charge in [0.25, 0.3) is 0 Å². The molecule has 0 amide bonds. The third-order valence-electron chi connectivity index (χ3n) is 25.7. The normalized spacial score (nSPS) is 29.3. The van der Waals surface area contributed by atoms with Gasteiger partial charge < -0.3 is 83.8 Å². The number of carbonyl (C=O) groups excluding carboxylic acids is 7. The smallest absolute Gasteiger partial charge is 0.550 e. The van der Waals surface area contributed by atoms with E-state index in [2.05, 4.69) is 95.6 Å². The number of aromatic nitrogens is 1. The zero-order chi connectivity index (χ0) is 87.4. The maximum atomic E-state index is 13.5. The van der Waals surface area contributed by atoms with E-state index in [1.807, 2.05) is 84.9 Å². The summed E-state index contributed by atoms with van der Waals surface area (Å²) in [4.78, 5) is 82.4. The maximum absolute atomic E-state index is 13.5. The van der Waals surface area contributed by atoms with E-state index in [0.29, 0.717) is 74.0 Å². The van der Waals surface area contributed by atoms with Crippen molar-refractivity contribution in [2.24, 2.45) is 82.3 Å². The monoisotopic (exact) mass is 1700 g/mol. The Kier molecular flexibility index (Phi) is 41.8. The number of carboxylic acid groups (broad SMARTS) is 2. The summed E-state index contributed by atoms with van der Waals surface area (Å²) in [7, 11) is 0. The van der Waals surface area contributed by atoms with Crippen LogP contribution in [-0.4, -0.2) is 155 Å². The van der Waals surface area contributed by atoms with Gasteiger partial charge in [-0.2, -0.15) is 0 Å². The Balaban J connectivity index is 0.000000249. The van der Waals surface area contributed by atoms with Gasteiger partial charge in [0.15, 0.2) is 0 Å². The van der Waals surface area contributed by atoms with Crippen molar-refractivity contribution in [1.29, 1.82) is 0 Å². The molecule has 25 atom stereocenters. The first kappa shape index (κ1) is 104. The largest absolute Gasteiger partial charge is 1.00 e. The summed E-state index contributed by atoms with van der Waals surface area (Å²) in [5.41, 5.74) is 6.62. The van der Waals surface area contributed by atoms with Gasteiger partial charge in [-0.3, -0.25) is 24.0 Å². The van der Waals surface area contributed by atoms with Crippen LogP contribution in [0.2, 0.25) is 0 Å². The number of fused-ring (bicyclic) bond motifs is 4. The van der Waals surface area contributed by atoms with Crippen LogP contribution in [-0.2, 0) is 57.2 Å². The number of esters is 5. The van der Waals surface area contributed by atoms with Crippen LogP contribution in [0.3, 0.4) is 0 Å². The SMILES string of the molecule is CC(C)n1c(/C=C/[C@@H](O)C[C@@H](O)CC(=O)[O-])c(-c2ccc(F)cc2)c2ccccc21.CCC(C)(C)C(=O)O[C@@H]1C[C@H](C)C=C2C=C[C@H](C)[C@H](CCC3C[C@@H](O)CC(=O)O3)C21.CC[C@H](C)C(=O)O[C@@H]1C[C@H](C)C=C2C=C[C@H](C)[C@H](CCC3C[C@@H](O)CC(=O)O3)C21.CC[C@H](C)C(=O)O[C@@H]1C[C@H](O)C=C2C=C[C@H](C)[C@H](CCC(O)C[C@@H](O)CC(=O)[O-])C21.[Na+].[Na+]. The van der Waals surface area contributed by atoms with Gasteiger partial charge in [-0.05, 0) is 199 Å². The average Bonchev–Trinajstić information content (AvgIpc) is 1.62. The quantitative estimate of drug-likeness (QED) is 0.0197. The Hall–Kier alpha value is -5.90. The van der Waals surface area contributed by atoms with Gasteiger partial charge in [-0.1, -0.05) is 160 Å². The van der Waals surface area contributed by atoms with E-state index in [1.54, 1.807) is 24.3 Å². The molecule has 8 aliphatic rings. The topological polar surface area (TPSA) is 358 Å². The molecule has 6 unspecified atom stereocenters. The molecule has 2 saturated heterocycles. The van der Waals surface area contributed by atoms with Crippen LogP contribution in [0.5, 0.6) is 0 Å². The Morgan fingerprint density at radius 1 is 0.579 bits per heavy atom. The second kappa shape index (κ2) is 48.7. The average molecular weight is 1700 g/mol. The number of rotatable bonds is 30. The van der Waals surface area contributed by atoms with Crippen molar-refractivity contribution in [3.05, 3.63) is 138 Å². The molecule has 2 aliphatic heterocycles. The zero-order valence-electron chi connectivity index (χ0n) is 74.3. The Labute approximate surface area is 759 Å². The van der Waals surface area contributed by atoms with Crippen LogP contribution in [0.4, 0.5) is 4.39 Å². The van der Waals surface area contributed by atoms with E-state index in [1.165, 1.54) is 23.3 Å². The van der Waals surface area contributed by atoms with Crippen molar-refractivity contribution in [1.82, 2.24) is 4.57 Å². The number of hydrogen-bond donors (Lipinski definition) is 7. The van der Waals surface area contributed by atoms with Gasteiger partial charge in [0.2, 0.25) is 0 Å². The molecule has 0 spiro atoms. The summed E-state index contributed by atoms with van der Waals surface area (Å²) in [6, 6.07) is 14.3. The Bertz CT molecular complexity index is 4120. The molecule has 11 rings (SSSR count). The van der Waals surface area contributed by atoms with Crippen molar-refractivity contribution in [2.45, 2.75) is 305 Å². The minimum Gasteiger partial charge on any atom is -0.550 e. The predicted octanol–water partition coefficient (Wildman–Crippen LogP) is 7.19. The van der Waals surface area contributed by atoms with Crippen LogP contribution >= 0.6 is 0 Å². The number of carbonyl (C=O) groups is 7. The third kappa shape index (κ3) is 29.9. The van der Waals surface area contributed by atoms with Crippen LogP contribution in [0.25, 0.3) is 28.1 Å². The molecule has 658 valence electrons. The van der Waals surface area contributed by atoms with Crippen molar-refractivity contribution in [3.8, 4) is 11.1 Å². The number of aliphatic carboxylic acids is 2. The number of aliphatic hydroxyl groups is 7. The molecule has 2 fully saturated rings. The van der Waals surface area contributed by atoms with Crippen LogP contribution in [0.15, 0.2) is 126 Å². The fourth-order valence-corrected chi connectivity index (χ4v) is 18.4. The number of nitrogens with zero attached hydrogens (tertiary/aromatic N) is 1. The molecule has 0 saturated carbocycles. The van der Waals surface area contributed by atoms with Gasteiger partial charge in [-0.25, -0.2) is 4.39 Å². The first-order chi connectivity index (χ1) is 56.3. The second-order valence-electron chi connectivity index (χ2n) is 36.1. The van der Waals surface area contributed by atoms with Gasteiger partial charge in [0.1, 0.15) is 36.3 Å². The number of halogens is 1. The van der Waals surface area contributed by atoms with Gasteiger partial charge in [0, 0.05) is 96.4 Å². The second-order valence-corrected chi connectivity index (χ2v) is 36.1. The van der Waals surface area contributed by atoms with E-state index in [4.69, 9.17) is 23.7 Å². The van der Waals surface area contributed by atoms with Crippen molar-refractivity contribution in [2.75, 3.05) is 0 Å². The number of cyclic esters (lactones) is 2. The first-order valence-corrected chi connectivity index (χ1v) is 43.7. The third-order valence-corrected chi connectivity index (χ3v) is 25.7. The van der Waals surface area contributed by atoms with Crippen molar-refractivity contribution < 1.29 is 167 Å². The number of para-hydroxylation sites is 1. The standard InChI is InChI=1S/C25H38O5.C24H26FNO4.C24H36O5.C23H36O7.2Na/c1-6-25(4,5)24(28)30-21-12-15(2)11-17-8-7-16(3)20(23(17)21)10-9-19-13-18(26)14-22(27)29-19;1-15(2)26-21-6-4-3-5-20(21)24(16-7-9-17(25)10-8-16)22(26)12-11-18(27)13-19(28)14-23(29)30;1-5-15(3)24(27)29-21-11-14(2)10-17-7-6-16(4)20(23(17)21)9-8-19-12-18(25)13-22(26)28-19;1-4-13(2)23(29)30-20-11-17(25)9-15-6-5-14(3)19(22(15)20)8-7-16(24)10-18(26)12-21(27)28;;/h7-8,11,15-16,18-21,23,26H,6,9-10,12-14H2,1-5H3;3-12,15,18-19,27-28H,13-14H2,1-2H3,(H,29,30);6-7,10,14-16,18-21,23,25H,5,8-9,11-13H2,1-4H3;5-6,9,13-14,16-20,22,24-26H,4,7-8,10-12H2,1-3H3,(H,27,28);;/q;;;;2*+1/p-2/b;12-11+;;;;/t15-,16+,18-,19?,20+,21-,23?;18-,19-;14-,15+,16+,18-,19?,20+,21-,23?;13-,14-,16?,17+,18+,19-,20+,22?;;/m1110../s1. The number of benzene rings is 2. The molecule has 121 heavy (non-hydrogen) atoms. The number of ether oxygens (including phenoxy) is 5. The van der Waals surface area contributed by atoms with Crippen LogP contribution < -0.4 is 69.3 Å². The summed E-state index contributed by atoms with van der Waals surface area (Å²) in [6.45, 7) is 28.6. The molecule has 3 aromatic rings. The fraction of sp³-hybridized carbons (Fsp3) is 0.635. The van der Waals surface area contributed by atoms with E-state index in [-0.39, 0.29) is 192 Å². The van der Waals surface area contributed by atoms with Crippen LogP contribution in [0, 0.1) is 88.2 Å². The molecule has 0 radical (unpaired) electrons. The molecule has 3 heterocycles. The predicted molar refractivity (Wildman–Crippen MR) is 448 cm³/mol.